The Hall–Kier alpha value is -0.160. The van der Waals surface area contributed by atoms with Crippen LogP contribution in [0.5, 0.6) is 0 Å². The topological polar surface area (TPSA) is 47.6 Å². The molecule has 0 heterocycles. The van der Waals surface area contributed by atoms with Crippen LogP contribution < -0.4 is 0 Å². The first kappa shape index (κ1) is 16.8. The van der Waals surface area contributed by atoms with Crippen LogP contribution in [0.1, 0.15) is 39.0 Å². The Labute approximate surface area is 105 Å². The molecule has 0 aliphatic rings. The fourth-order valence-corrected chi connectivity index (χ4v) is 1.24. The zero-order valence-corrected chi connectivity index (χ0v) is 11.1. The van der Waals surface area contributed by atoms with Gasteiger partial charge in [-0.05, 0) is 25.7 Å². The summed E-state index contributed by atoms with van der Waals surface area (Å²) in [5.41, 5.74) is 0. The average molecular weight is 247 g/mol. The molecule has 103 valence electrons. The average Bonchev–Trinajstić information content (AvgIpc) is 2.35. The molecule has 0 aromatic carbocycles. The van der Waals surface area contributed by atoms with Crippen LogP contribution in [0.4, 0.5) is 0 Å². The zero-order valence-electron chi connectivity index (χ0n) is 11.1. The van der Waals surface area contributed by atoms with Gasteiger partial charge in [0.05, 0.1) is 6.61 Å². The van der Waals surface area contributed by atoms with Gasteiger partial charge >= 0.3 is 0 Å². The van der Waals surface area contributed by atoms with Crippen LogP contribution in [0.3, 0.4) is 0 Å². The van der Waals surface area contributed by atoms with E-state index in [1.54, 1.807) is 0 Å². The van der Waals surface area contributed by atoms with Crippen molar-refractivity contribution in [1.82, 2.24) is 0 Å². The van der Waals surface area contributed by atoms with Crippen LogP contribution in [-0.2, 0) is 19.3 Å². The zero-order chi connectivity index (χ0) is 12.6. The summed E-state index contributed by atoms with van der Waals surface area (Å²) in [5.74, 6) is 0. The van der Waals surface area contributed by atoms with Crippen LogP contribution in [0.25, 0.3) is 0 Å². The van der Waals surface area contributed by atoms with Gasteiger partial charge in [0.15, 0.2) is 0 Å². The number of rotatable bonds is 14. The van der Waals surface area contributed by atoms with Gasteiger partial charge in [0, 0.05) is 39.6 Å². The molecular formula is C13H27O4. The maximum atomic E-state index is 10.1. The van der Waals surface area contributed by atoms with Crippen LogP contribution in [0.2, 0.25) is 0 Å². The van der Waals surface area contributed by atoms with Gasteiger partial charge in [0.25, 0.3) is 0 Å². The Morgan fingerprint density at radius 1 is 0.647 bits per heavy atom. The van der Waals surface area contributed by atoms with Crippen molar-refractivity contribution in [2.24, 2.45) is 0 Å². The van der Waals surface area contributed by atoms with Crippen LogP contribution in [0.15, 0.2) is 0 Å². The van der Waals surface area contributed by atoms with E-state index >= 15 is 0 Å². The highest BCUT2D eigenvalue weighted by Crippen LogP contribution is 1.92. The lowest BCUT2D eigenvalue weighted by Crippen LogP contribution is -2.05. The normalized spacial score (nSPS) is 10.9. The summed E-state index contributed by atoms with van der Waals surface area (Å²) in [6.45, 7) is 6.52. The molecular weight excluding hydrogens is 220 g/mol. The minimum Gasteiger partial charge on any atom is -0.381 e. The first-order chi connectivity index (χ1) is 8.41. The molecule has 17 heavy (non-hydrogen) atoms. The van der Waals surface area contributed by atoms with Gasteiger partial charge in [-0.1, -0.05) is 13.3 Å². The minimum atomic E-state index is -0.0471. The molecule has 0 spiro atoms. The summed E-state index contributed by atoms with van der Waals surface area (Å²) >= 11 is 0. The largest absolute Gasteiger partial charge is 0.381 e. The highest BCUT2D eigenvalue weighted by molar-refractivity contribution is 4.39. The lowest BCUT2D eigenvalue weighted by atomic mass is 10.4. The van der Waals surface area contributed by atoms with Crippen molar-refractivity contribution in [2.45, 2.75) is 39.0 Å². The second kappa shape index (κ2) is 15.8. The predicted octanol–water partition coefficient (Wildman–Crippen LogP) is 2.44. The standard InChI is InChI=1S/C13H27O4/c1-2-3-8-15-10-5-12-17-13-6-11-16-9-4-7-14/h2-13H2,1H3. The summed E-state index contributed by atoms with van der Waals surface area (Å²) in [5, 5.41) is 10.1. The van der Waals surface area contributed by atoms with E-state index in [0.717, 1.165) is 45.7 Å². The maximum Gasteiger partial charge on any atom is 0.0844 e. The summed E-state index contributed by atoms with van der Waals surface area (Å²) < 4.78 is 16.1. The van der Waals surface area contributed by atoms with Crippen molar-refractivity contribution in [3.8, 4) is 0 Å². The first-order valence-corrected chi connectivity index (χ1v) is 6.73. The van der Waals surface area contributed by atoms with E-state index in [1.807, 2.05) is 0 Å². The van der Waals surface area contributed by atoms with E-state index < -0.39 is 0 Å². The molecule has 0 bridgehead atoms. The molecule has 0 atom stereocenters. The Balaban J connectivity index is 2.85. The van der Waals surface area contributed by atoms with E-state index in [2.05, 4.69) is 6.92 Å². The molecule has 0 fully saturated rings. The van der Waals surface area contributed by atoms with Crippen molar-refractivity contribution in [3.05, 3.63) is 0 Å². The SMILES string of the molecule is CCCCOCCCOCCCOCCC[O]. The monoisotopic (exact) mass is 247 g/mol. The van der Waals surface area contributed by atoms with E-state index in [9.17, 15) is 5.11 Å². The number of hydrogen-bond acceptors (Lipinski definition) is 3. The molecule has 0 saturated carbocycles. The molecule has 0 aliphatic heterocycles. The Kier molecular flexibility index (Phi) is 15.7. The molecule has 0 amide bonds. The van der Waals surface area contributed by atoms with Gasteiger partial charge in [-0.3, -0.25) is 0 Å². The quantitative estimate of drug-likeness (QED) is 0.443. The third-order valence-electron chi connectivity index (χ3n) is 2.23. The molecule has 4 heteroatoms. The first-order valence-electron chi connectivity index (χ1n) is 6.73. The summed E-state index contributed by atoms with van der Waals surface area (Å²) in [7, 11) is 0. The van der Waals surface area contributed by atoms with Crippen molar-refractivity contribution in [3.63, 3.8) is 0 Å². The van der Waals surface area contributed by atoms with Crippen molar-refractivity contribution in [2.75, 3.05) is 46.2 Å². The summed E-state index contributed by atoms with van der Waals surface area (Å²) in [6.07, 6.45) is 4.79. The molecule has 4 nitrogen and oxygen atoms in total. The fraction of sp³-hybridized carbons (Fsp3) is 1.00. The maximum absolute atomic E-state index is 10.1. The van der Waals surface area contributed by atoms with E-state index in [0.29, 0.717) is 19.6 Å². The van der Waals surface area contributed by atoms with Crippen LogP contribution in [0, 0.1) is 0 Å². The van der Waals surface area contributed by atoms with Crippen LogP contribution >= 0.6 is 0 Å². The molecule has 0 aromatic rings. The molecule has 0 saturated heterocycles. The summed E-state index contributed by atoms with van der Waals surface area (Å²) in [6, 6.07) is 0. The lowest BCUT2D eigenvalue weighted by molar-refractivity contribution is 0.0570. The second-order valence-electron chi connectivity index (χ2n) is 3.96. The van der Waals surface area contributed by atoms with Crippen molar-refractivity contribution >= 4 is 0 Å². The molecule has 0 unspecified atom stereocenters. The lowest BCUT2D eigenvalue weighted by Gasteiger charge is -2.05. The van der Waals surface area contributed by atoms with Crippen LogP contribution in [-0.4, -0.2) is 46.2 Å². The highest BCUT2D eigenvalue weighted by Gasteiger charge is 1.92. The Morgan fingerprint density at radius 3 is 1.47 bits per heavy atom. The van der Waals surface area contributed by atoms with Crippen molar-refractivity contribution < 1.29 is 19.3 Å². The van der Waals surface area contributed by atoms with Gasteiger partial charge in [-0.25, -0.2) is 5.11 Å². The predicted molar refractivity (Wildman–Crippen MR) is 66.8 cm³/mol. The Bertz CT molecular complexity index is 117. The molecule has 0 N–H and O–H groups in total. The van der Waals surface area contributed by atoms with E-state index in [-0.39, 0.29) is 6.61 Å². The van der Waals surface area contributed by atoms with Gasteiger partial charge in [-0.2, -0.15) is 0 Å². The molecule has 0 aliphatic carbocycles. The van der Waals surface area contributed by atoms with Crippen molar-refractivity contribution in [1.29, 1.82) is 0 Å². The minimum absolute atomic E-state index is 0.0471. The van der Waals surface area contributed by atoms with Gasteiger partial charge in [-0.15, -0.1) is 0 Å². The fourth-order valence-electron chi connectivity index (χ4n) is 1.24. The Morgan fingerprint density at radius 2 is 1.06 bits per heavy atom. The molecule has 1 radical (unpaired) electrons. The molecule has 0 aromatic heterocycles. The van der Waals surface area contributed by atoms with E-state index in [1.165, 1.54) is 6.42 Å². The van der Waals surface area contributed by atoms with Gasteiger partial charge in [0.1, 0.15) is 0 Å². The number of unbranched alkanes of at least 4 members (excludes halogenated alkanes) is 1. The third kappa shape index (κ3) is 15.8. The van der Waals surface area contributed by atoms with Gasteiger partial charge in [0.2, 0.25) is 0 Å². The summed E-state index contributed by atoms with van der Waals surface area (Å²) in [4.78, 5) is 0. The highest BCUT2D eigenvalue weighted by atomic mass is 16.5. The third-order valence-corrected chi connectivity index (χ3v) is 2.23. The number of ether oxygens (including phenoxy) is 3. The number of hydrogen-bond donors (Lipinski definition) is 0. The molecule has 0 rings (SSSR count). The second-order valence-corrected chi connectivity index (χ2v) is 3.96. The smallest absolute Gasteiger partial charge is 0.0844 e. The van der Waals surface area contributed by atoms with E-state index in [4.69, 9.17) is 14.2 Å². The van der Waals surface area contributed by atoms with Gasteiger partial charge < -0.3 is 14.2 Å².